The molecule has 0 radical (unpaired) electrons. The molecule has 100 valence electrons. The molecule has 1 aromatic heterocycles. The average Bonchev–Trinajstić information content (AvgIpc) is 2.22. The van der Waals surface area contributed by atoms with Gasteiger partial charge in [0.2, 0.25) is 11.1 Å². The predicted octanol–water partition coefficient (Wildman–Crippen LogP) is -0.333. The van der Waals surface area contributed by atoms with E-state index in [-0.39, 0.29) is 28.0 Å². The van der Waals surface area contributed by atoms with Crippen LogP contribution in [-0.4, -0.2) is 32.1 Å². The maximum absolute atomic E-state index is 11.6. The molecule has 3 N–H and O–H groups in total. The third kappa shape index (κ3) is 4.02. The molecule has 0 bridgehead atoms. The Morgan fingerprint density at radius 1 is 1.44 bits per heavy atom. The van der Waals surface area contributed by atoms with Crippen LogP contribution in [0.3, 0.4) is 0 Å². The van der Waals surface area contributed by atoms with E-state index in [2.05, 4.69) is 15.5 Å². The van der Waals surface area contributed by atoms with Crippen molar-refractivity contribution in [3.8, 4) is 0 Å². The van der Waals surface area contributed by atoms with Crippen LogP contribution >= 0.6 is 11.8 Å². The largest absolute Gasteiger partial charge is 0.351 e. The number of nitrogen functional groups attached to an aromatic ring is 1. The maximum atomic E-state index is 11.6. The van der Waals surface area contributed by atoms with Gasteiger partial charge in [-0.2, -0.15) is 4.68 Å². The van der Waals surface area contributed by atoms with Gasteiger partial charge in [0.1, 0.15) is 5.69 Å². The highest BCUT2D eigenvalue weighted by Crippen LogP contribution is 2.11. The highest BCUT2D eigenvalue weighted by molar-refractivity contribution is 7.99. The minimum Gasteiger partial charge on any atom is -0.351 e. The first-order chi connectivity index (χ1) is 8.20. The highest BCUT2D eigenvalue weighted by Gasteiger charge is 2.15. The highest BCUT2D eigenvalue weighted by atomic mass is 32.2. The Balaban J connectivity index is 2.68. The minimum atomic E-state index is -0.413. The Hall–Kier alpha value is -1.57. The molecular weight excluding hydrogens is 254 g/mol. The van der Waals surface area contributed by atoms with E-state index in [9.17, 15) is 9.59 Å². The van der Waals surface area contributed by atoms with Gasteiger partial charge in [-0.15, -0.1) is 10.2 Å². The fraction of sp³-hybridized carbons (Fsp3) is 0.600. The van der Waals surface area contributed by atoms with Crippen molar-refractivity contribution in [3.63, 3.8) is 0 Å². The van der Waals surface area contributed by atoms with Gasteiger partial charge in [-0.1, -0.05) is 11.8 Å². The summed E-state index contributed by atoms with van der Waals surface area (Å²) in [5.74, 6) is 5.53. The second-order valence-corrected chi connectivity index (χ2v) is 5.77. The van der Waals surface area contributed by atoms with Crippen molar-refractivity contribution in [1.82, 2.24) is 20.2 Å². The molecule has 7 nitrogen and oxygen atoms in total. The van der Waals surface area contributed by atoms with Crippen LogP contribution in [0.2, 0.25) is 0 Å². The summed E-state index contributed by atoms with van der Waals surface area (Å²) in [6, 6.07) is 0. The first-order valence-corrected chi connectivity index (χ1v) is 6.34. The average molecular weight is 271 g/mol. The number of hydrogen-bond acceptors (Lipinski definition) is 6. The zero-order valence-corrected chi connectivity index (χ0v) is 11.7. The molecule has 0 aromatic carbocycles. The lowest BCUT2D eigenvalue weighted by atomic mass is 10.1. The molecule has 0 atom stereocenters. The number of aryl methyl sites for hydroxylation is 1. The first-order valence-electron chi connectivity index (χ1n) is 5.36. The van der Waals surface area contributed by atoms with Crippen LogP contribution in [0.4, 0.5) is 0 Å². The lowest BCUT2D eigenvalue weighted by molar-refractivity contribution is -0.119. The van der Waals surface area contributed by atoms with Gasteiger partial charge in [0.15, 0.2) is 0 Å². The fourth-order valence-corrected chi connectivity index (χ4v) is 1.81. The zero-order valence-electron chi connectivity index (χ0n) is 10.9. The molecule has 0 aliphatic rings. The van der Waals surface area contributed by atoms with Gasteiger partial charge in [0.05, 0.1) is 5.75 Å². The number of carbonyl (C=O) groups is 1. The number of amides is 1. The molecule has 8 heteroatoms. The standard InChI is InChI=1S/C10H17N5O2S/c1-6-8(17)15(11)9(14-13-6)18-5-7(16)12-10(2,3)4/h5,11H2,1-4H3,(H,12,16). The van der Waals surface area contributed by atoms with Gasteiger partial charge >= 0.3 is 0 Å². The lowest BCUT2D eigenvalue weighted by Gasteiger charge is -2.20. The Morgan fingerprint density at radius 3 is 2.61 bits per heavy atom. The van der Waals surface area contributed by atoms with E-state index in [0.29, 0.717) is 0 Å². The van der Waals surface area contributed by atoms with Crippen LogP contribution in [0.15, 0.2) is 9.95 Å². The van der Waals surface area contributed by atoms with Gasteiger partial charge in [-0.25, -0.2) is 0 Å². The van der Waals surface area contributed by atoms with Gasteiger partial charge in [0, 0.05) is 5.54 Å². The quantitative estimate of drug-likeness (QED) is 0.576. The summed E-state index contributed by atoms with van der Waals surface area (Å²) < 4.78 is 0.900. The number of aromatic nitrogens is 3. The van der Waals surface area contributed by atoms with Crippen molar-refractivity contribution >= 4 is 17.7 Å². The van der Waals surface area contributed by atoms with Crippen molar-refractivity contribution in [2.24, 2.45) is 0 Å². The van der Waals surface area contributed by atoms with E-state index in [1.165, 1.54) is 6.92 Å². The molecule has 18 heavy (non-hydrogen) atoms. The lowest BCUT2D eigenvalue weighted by Crippen LogP contribution is -2.41. The monoisotopic (exact) mass is 271 g/mol. The van der Waals surface area contributed by atoms with Gasteiger partial charge in [0.25, 0.3) is 5.56 Å². The summed E-state index contributed by atoms with van der Waals surface area (Å²) in [5, 5.41) is 10.5. The smallest absolute Gasteiger partial charge is 0.294 e. The summed E-state index contributed by atoms with van der Waals surface area (Å²) in [4.78, 5) is 23.1. The Morgan fingerprint density at radius 2 is 2.06 bits per heavy atom. The third-order valence-corrected chi connectivity index (χ3v) is 2.81. The SMILES string of the molecule is Cc1nnc(SCC(=O)NC(C)(C)C)n(N)c1=O. The molecule has 0 spiro atoms. The number of nitrogens with two attached hydrogens (primary N) is 1. The zero-order chi connectivity index (χ0) is 13.9. The number of hydrogen-bond donors (Lipinski definition) is 2. The number of thioether (sulfide) groups is 1. The molecule has 1 heterocycles. The maximum Gasteiger partial charge on any atom is 0.294 e. The van der Waals surface area contributed by atoms with E-state index in [0.717, 1.165) is 16.4 Å². The van der Waals surface area contributed by atoms with Crippen molar-refractivity contribution in [2.45, 2.75) is 38.4 Å². The molecule has 0 saturated carbocycles. The van der Waals surface area contributed by atoms with Crippen LogP contribution in [0.1, 0.15) is 26.5 Å². The van der Waals surface area contributed by atoms with Crippen LogP contribution in [0, 0.1) is 6.92 Å². The summed E-state index contributed by atoms with van der Waals surface area (Å²) >= 11 is 1.07. The summed E-state index contributed by atoms with van der Waals surface area (Å²) in [6.07, 6.45) is 0. The molecule has 0 aliphatic heterocycles. The van der Waals surface area contributed by atoms with Crippen molar-refractivity contribution in [1.29, 1.82) is 0 Å². The first kappa shape index (κ1) is 14.5. The van der Waals surface area contributed by atoms with Crippen LogP contribution in [0.25, 0.3) is 0 Å². The molecule has 1 amide bonds. The molecular formula is C10H17N5O2S. The second-order valence-electron chi connectivity index (χ2n) is 4.83. The number of carbonyl (C=O) groups excluding carboxylic acids is 1. The number of rotatable bonds is 3. The summed E-state index contributed by atoms with van der Waals surface area (Å²) in [7, 11) is 0. The van der Waals surface area contributed by atoms with Gasteiger partial charge < -0.3 is 11.2 Å². The Bertz CT molecular complexity index is 506. The van der Waals surface area contributed by atoms with Crippen molar-refractivity contribution in [2.75, 3.05) is 11.6 Å². The second kappa shape index (κ2) is 5.38. The molecule has 1 aromatic rings. The van der Waals surface area contributed by atoms with Crippen molar-refractivity contribution in [3.05, 3.63) is 16.0 Å². The van der Waals surface area contributed by atoms with Gasteiger partial charge in [-0.3, -0.25) is 9.59 Å². The Labute approximate surface area is 109 Å². The van der Waals surface area contributed by atoms with Crippen LogP contribution in [0.5, 0.6) is 0 Å². The van der Waals surface area contributed by atoms with E-state index in [4.69, 9.17) is 5.84 Å². The Kier molecular flexibility index (Phi) is 4.33. The van der Waals surface area contributed by atoms with Crippen LogP contribution < -0.4 is 16.7 Å². The van der Waals surface area contributed by atoms with E-state index < -0.39 is 5.56 Å². The molecule has 0 fully saturated rings. The van der Waals surface area contributed by atoms with E-state index in [1.54, 1.807) is 0 Å². The molecule has 0 unspecified atom stereocenters. The summed E-state index contributed by atoms with van der Waals surface area (Å²) in [5.41, 5.74) is -0.483. The van der Waals surface area contributed by atoms with Crippen LogP contribution in [-0.2, 0) is 4.79 Å². The third-order valence-electron chi connectivity index (χ3n) is 1.87. The molecule has 1 rings (SSSR count). The topological polar surface area (TPSA) is 103 Å². The predicted molar refractivity (Wildman–Crippen MR) is 69.8 cm³/mol. The van der Waals surface area contributed by atoms with Gasteiger partial charge in [-0.05, 0) is 27.7 Å². The minimum absolute atomic E-state index is 0.131. The normalized spacial score (nSPS) is 11.3. The summed E-state index contributed by atoms with van der Waals surface area (Å²) in [6.45, 7) is 7.19. The van der Waals surface area contributed by atoms with E-state index in [1.807, 2.05) is 20.8 Å². The molecule has 0 aliphatic carbocycles. The fourth-order valence-electron chi connectivity index (χ4n) is 1.15. The van der Waals surface area contributed by atoms with E-state index >= 15 is 0 Å². The number of nitrogens with one attached hydrogen (secondary N) is 1. The van der Waals surface area contributed by atoms with Crippen molar-refractivity contribution < 1.29 is 4.79 Å². The molecule has 0 saturated heterocycles. The number of nitrogens with zero attached hydrogens (tertiary/aromatic N) is 3.